The Morgan fingerprint density at radius 3 is 2.76 bits per heavy atom. The Balaban J connectivity index is 1.82. The van der Waals surface area contributed by atoms with Crippen molar-refractivity contribution >= 4 is 5.97 Å². The summed E-state index contributed by atoms with van der Waals surface area (Å²) in [5.74, 6) is -0.265. The molecule has 0 aliphatic carbocycles. The highest BCUT2D eigenvalue weighted by Gasteiger charge is 2.16. The lowest BCUT2D eigenvalue weighted by molar-refractivity contribution is -0.0300. The maximum absolute atomic E-state index is 11.7. The average Bonchev–Trinajstić information content (AvgIpc) is 2.38. The molecule has 1 unspecified atom stereocenters. The first kappa shape index (κ1) is 12.1. The SMILES string of the molecule is Cc1ccc(C(=O)OCC2CCCCO2)cc1. The molecule has 3 heteroatoms. The maximum atomic E-state index is 11.7. The van der Waals surface area contributed by atoms with Crippen LogP contribution in [0.25, 0.3) is 0 Å². The monoisotopic (exact) mass is 234 g/mol. The zero-order valence-electron chi connectivity index (χ0n) is 10.1. The molecular formula is C14H18O3. The minimum absolute atomic E-state index is 0.0816. The molecule has 0 amide bonds. The molecule has 2 rings (SSSR count). The second-order valence-electron chi connectivity index (χ2n) is 4.45. The second kappa shape index (κ2) is 5.82. The maximum Gasteiger partial charge on any atom is 0.338 e. The van der Waals surface area contributed by atoms with Gasteiger partial charge in [-0.3, -0.25) is 0 Å². The van der Waals surface area contributed by atoms with Crippen LogP contribution in [0.5, 0.6) is 0 Å². The van der Waals surface area contributed by atoms with E-state index in [2.05, 4.69) is 0 Å². The first-order valence-corrected chi connectivity index (χ1v) is 6.11. The number of ether oxygens (including phenoxy) is 2. The van der Waals surface area contributed by atoms with Gasteiger partial charge in [0, 0.05) is 6.61 Å². The minimum Gasteiger partial charge on any atom is -0.459 e. The molecule has 0 aromatic heterocycles. The molecule has 1 fully saturated rings. The van der Waals surface area contributed by atoms with Gasteiger partial charge in [0.25, 0.3) is 0 Å². The first-order valence-electron chi connectivity index (χ1n) is 6.11. The third kappa shape index (κ3) is 3.56. The van der Waals surface area contributed by atoms with Crippen LogP contribution < -0.4 is 0 Å². The molecule has 1 aromatic rings. The van der Waals surface area contributed by atoms with Crippen molar-refractivity contribution in [2.45, 2.75) is 32.3 Å². The Hall–Kier alpha value is -1.35. The van der Waals surface area contributed by atoms with E-state index in [1.54, 1.807) is 12.1 Å². The van der Waals surface area contributed by atoms with Crippen molar-refractivity contribution in [1.82, 2.24) is 0 Å². The molecule has 1 aromatic carbocycles. The fourth-order valence-electron chi connectivity index (χ4n) is 1.88. The first-order chi connectivity index (χ1) is 8.25. The summed E-state index contributed by atoms with van der Waals surface area (Å²) in [4.78, 5) is 11.7. The second-order valence-corrected chi connectivity index (χ2v) is 4.45. The number of hydrogen-bond acceptors (Lipinski definition) is 3. The molecule has 0 saturated carbocycles. The Labute approximate surface area is 102 Å². The van der Waals surface area contributed by atoms with E-state index in [4.69, 9.17) is 9.47 Å². The van der Waals surface area contributed by atoms with Crippen LogP contribution in [0.15, 0.2) is 24.3 Å². The average molecular weight is 234 g/mol. The molecule has 1 aliphatic rings. The Morgan fingerprint density at radius 2 is 2.12 bits per heavy atom. The summed E-state index contributed by atoms with van der Waals surface area (Å²) in [6.45, 7) is 3.14. The van der Waals surface area contributed by atoms with E-state index >= 15 is 0 Å². The number of aryl methyl sites for hydroxylation is 1. The van der Waals surface area contributed by atoms with Gasteiger partial charge >= 0.3 is 5.97 Å². The third-order valence-electron chi connectivity index (χ3n) is 2.96. The highest BCUT2D eigenvalue weighted by atomic mass is 16.6. The number of esters is 1. The summed E-state index contributed by atoms with van der Waals surface area (Å²) in [5, 5.41) is 0. The number of carbonyl (C=O) groups excluding carboxylic acids is 1. The van der Waals surface area contributed by atoms with Crippen LogP contribution >= 0.6 is 0 Å². The van der Waals surface area contributed by atoms with Gasteiger partial charge in [-0.05, 0) is 38.3 Å². The molecule has 1 aliphatic heterocycles. The van der Waals surface area contributed by atoms with Crippen molar-refractivity contribution in [3.05, 3.63) is 35.4 Å². The Morgan fingerprint density at radius 1 is 1.35 bits per heavy atom. The van der Waals surface area contributed by atoms with Crippen LogP contribution in [0.1, 0.15) is 35.2 Å². The zero-order chi connectivity index (χ0) is 12.1. The highest BCUT2D eigenvalue weighted by Crippen LogP contribution is 2.13. The predicted molar refractivity (Wildman–Crippen MR) is 65.1 cm³/mol. The normalized spacial score (nSPS) is 19.9. The minimum atomic E-state index is -0.265. The number of rotatable bonds is 3. The molecule has 1 heterocycles. The van der Waals surface area contributed by atoms with Crippen LogP contribution in [-0.2, 0) is 9.47 Å². The van der Waals surface area contributed by atoms with E-state index in [0.29, 0.717) is 12.2 Å². The van der Waals surface area contributed by atoms with E-state index in [9.17, 15) is 4.79 Å². The van der Waals surface area contributed by atoms with Gasteiger partial charge in [-0.2, -0.15) is 0 Å². The summed E-state index contributed by atoms with van der Waals surface area (Å²) in [6, 6.07) is 7.40. The summed E-state index contributed by atoms with van der Waals surface area (Å²) in [6.07, 6.45) is 3.34. The lowest BCUT2D eigenvalue weighted by atomic mass is 10.1. The van der Waals surface area contributed by atoms with Gasteiger partial charge in [0.15, 0.2) is 0 Å². The largest absolute Gasteiger partial charge is 0.459 e. The molecule has 1 saturated heterocycles. The molecule has 0 bridgehead atoms. The Bertz CT molecular complexity index is 364. The van der Waals surface area contributed by atoms with Gasteiger partial charge in [-0.15, -0.1) is 0 Å². The van der Waals surface area contributed by atoms with E-state index in [1.807, 2.05) is 19.1 Å². The topological polar surface area (TPSA) is 35.5 Å². The summed E-state index contributed by atoms with van der Waals surface area (Å²) < 4.78 is 10.7. The van der Waals surface area contributed by atoms with Crippen LogP contribution in [0, 0.1) is 6.92 Å². The quantitative estimate of drug-likeness (QED) is 0.754. The van der Waals surface area contributed by atoms with E-state index in [0.717, 1.165) is 31.4 Å². The van der Waals surface area contributed by atoms with Crippen LogP contribution in [0.3, 0.4) is 0 Å². The molecule has 17 heavy (non-hydrogen) atoms. The van der Waals surface area contributed by atoms with Crippen molar-refractivity contribution in [3.8, 4) is 0 Å². The van der Waals surface area contributed by atoms with Crippen molar-refractivity contribution in [2.75, 3.05) is 13.2 Å². The van der Waals surface area contributed by atoms with Crippen molar-refractivity contribution < 1.29 is 14.3 Å². The molecule has 1 atom stereocenters. The number of hydrogen-bond donors (Lipinski definition) is 0. The third-order valence-corrected chi connectivity index (χ3v) is 2.96. The zero-order valence-corrected chi connectivity index (χ0v) is 10.1. The van der Waals surface area contributed by atoms with Crippen LogP contribution in [0.2, 0.25) is 0 Å². The van der Waals surface area contributed by atoms with E-state index < -0.39 is 0 Å². The van der Waals surface area contributed by atoms with Crippen molar-refractivity contribution in [3.63, 3.8) is 0 Å². The van der Waals surface area contributed by atoms with Gasteiger partial charge in [0.05, 0.1) is 11.7 Å². The molecule has 3 nitrogen and oxygen atoms in total. The lowest BCUT2D eigenvalue weighted by Crippen LogP contribution is -2.25. The predicted octanol–water partition coefficient (Wildman–Crippen LogP) is 2.72. The lowest BCUT2D eigenvalue weighted by Gasteiger charge is -2.22. The summed E-state index contributed by atoms with van der Waals surface area (Å²) in [7, 11) is 0. The standard InChI is InChI=1S/C14H18O3/c1-11-5-7-12(8-6-11)14(15)17-10-13-4-2-3-9-16-13/h5-8,13H,2-4,9-10H2,1H3. The molecule has 92 valence electrons. The Kier molecular flexibility index (Phi) is 4.15. The summed E-state index contributed by atoms with van der Waals surface area (Å²) in [5.41, 5.74) is 1.74. The highest BCUT2D eigenvalue weighted by molar-refractivity contribution is 5.89. The van der Waals surface area contributed by atoms with E-state index in [1.165, 1.54) is 0 Å². The fourth-order valence-corrected chi connectivity index (χ4v) is 1.88. The van der Waals surface area contributed by atoms with Crippen LogP contribution in [-0.4, -0.2) is 25.3 Å². The van der Waals surface area contributed by atoms with Crippen molar-refractivity contribution in [2.24, 2.45) is 0 Å². The molecule has 0 N–H and O–H groups in total. The smallest absolute Gasteiger partial charge is 0.338 e. The number of carbonyl (C=O) groups is 1. The molecule has 0 radical (unpaired) electrons. The van der Waals surface area contributed by atoms with Gasteiger partial charge in [-0.25, -0.2) is 4.79 Å². The van der Waals surface area contributed by atoms with Crippen LogP contribution in [0.4, 0.5) is 0 Å². The van der Waals surface area contributed by atoms with Gasteiger partial charge in [0.2, 0.25) is 0 Å². The van der Waals surface area contributed by atoms with Crippen molar-refractivity contribution in [1.29, 1.82) is 0 Å². The van der Waals surface area contributed by atoms with Gasteiger partial charge in [0.1, 0.15) is 6.61 Å². The van der Waals surface area contributed by atoms with Gasteiger partial charge in [-0.1, -0.05) is 17.7 Å². The fraction of sp³-hybridized carbons (Fsp3) is 0.500. The summed E-state index contributed by atoms with van der Waals surface area (Å²) >= 11 is 0. The number of benzene rings is 1. The van der Waals surface area contributed by atoms with Gasteiger partial charge < -0.3 is 9.47 Å². The van der Waals surface area contributed by atoms with E-state index in [-0.39, 0.29) is 12.1 Å². The molecular weight excluding hydrogens is 216 g/mol. The molecule has 0 spiro atoms.